The van der Waals surface area contributed by atoms with Crippen molar-refractivity contribution in [2.45, 2.75) is 13.5 Å². The summed E-state index contributed by atoms with van der Waals surface area (Å²) in [6.07, 6.45) is 3.53. The van der Waals surface area contributed by atoms with Crippen molar-refractivity contribution in [3.8, 4) is 11.4 Å². The molecule has 4 rings (SSSR count). The molecule has 1 aromatic carbocycles. The number of benzene rings is 1. The Kier molecular flexibility index (Phi) is 2.77. The van der Waals surface area contributed by atoms with Gasteiger partial charge in [-0.3, -0.25) is 4.68 Å². The zero-order valence-corrected chi connectivity index (χ0v) is 12.4. The van der Waals surface area contributed by atoms with Gasteiger partial charge in [0.1, 0.15) is 0 Å². The molecule has 1 N–H and O–H groups in total. The van der Waals surface area contributed by atoms with Crippen LogP contribution in [0, 0.1) is 0 Å². The average molecular weight is 315 g/mol. The van der Waals surface area contributed by atoms with Crippen LogP contribution in [0.2, 0.25) is 5.02 Å². The lowest BCUT2D eigenvalue weighted by Crippen LogP contribution is -2.17. The lowest BCUT2D eigenvalue weighted by molar-refractivity contribution is 0.660. The number of aromatic amines is 1. The molecule has 0 aliphatic rings. The van der Waals surface area contributed by atoms with E-state index in [1.807, 2.05) is 25.3 Å². The van der Waals surface area contributed by atoms with Gasteiger partial charge in [-0.05, 0) is 19.1 Å². The lowest BCUT2D eigenvalue weighted by Gasteiger charge is -2.00. The van der Waals surface area contributed by atoms with Crippen LogP contribution in [0.1, 0.15) is 6.92 Å². The number of hydrogen-bond acceptors (Lipinski definition) is 4. The second kappa shape index (κ2) is 4.67. The van der Waals surface area contributed by atoms with E-state index < -0.39 is 0 Å². The first-order chi connectivity index (χ1) is 10.7. The van der Waals surface area contributed by atoms with Gasteiger partial charge in [-0.25, -0.2) is 9.78 Å². The van der Waals surface area contributed by atoms with E-state index in [0.29, 0.717) is 22.0 Å². The van der Waals surface area contributed by atoms with E-state index in [1.54, 1.807) is 16.9 Å². The van der Waals surface area contributed by atoms with Gasteiger partial charge in [0, 0.05) is 18.1 Å². The number of fused-ring (bicyclic) bond motifs is 3. The Hall–Kier alpha value is -2.67. The van der Waals surface area contributed by atoms with Gasteiger partial charge in [-0.1, -0.05) is 17.7 Å². The van der Waals surface area contributed by atoms with Crippen molar-refractivity contribution < 1.29 is 0 Å². The highest BCUT2D eigenvalue weighted by atomic mass is 35.5. The van der Waals surface area contributed by atoms with E-state index in [4.69, 9.17) is 11.6 Å². The highest BCUT2D eigenvalue weighted by Crippen LogP contribution is 2.24. The Balaban J connectivity index is 2.04. The van der Waals surface area contributed by atoms with Gasteiger partial charge in [0.15, 0.2) is 11.5 Å². The number of aryl methyl sites for hydroxylation is 1. The normalized spacial score (nSPS) is 11.5. The minimum atomic E-state index is -0.378. The molecule has 0 aliphatic heterocycles. The van der Waals surface area contributed by atoms with Crippen LogP contribution in [0.3, 0.4) is 0 Å². The number of nitrogens with zero attached hydrogens (tertiary/aromatic N) is 5. The highest BCUT2D eigenvalue weighted by Gasteiger charge is 2.14. The smallest absolute Gasteiger partial charge is 0.304 e. The van der Waals surface area contributed by atoms with Gasteiger partial charge in [0.05, 0.1) is 22.3 Å². The first kappa shape index (κ1) is 13.0. The van der Waals surface area contributed by atoms with Crippen LogP contribution in [0.4, 0.5) is 0 Å². The lowest BCUT2D eigenvalue weighted by atomic mass is 10.2. The first-order valence-electron chi connectivity index (χ1n) is 6.77. The zero-order valence-electron chi connectivity index (χ0n) is 11.6. The molecule has 3 aromatic heterocycles. The second-order valence-electron chi connectivity index (χ2n) is 4.85. The van der Waals surface area contributed by atoms with Crippen molar-refractivity contribution in [2.24, 2.45) is 0 Å². The van der Waals surface area contributed by atoms with E-state index in [9.17, 15) is 4.79 Å². The van der Waals surface area contributed by atoms with Crippen LogP contribution in [0.5, 0.6) is 0 Å². The maximum absolute atomic E-state index is 12.2. The standard InChI is InChI=1S/C14H11ClN6O/c1-2-20-7-8(6-16-20)12-18-13-9-4-3-5-10(15)11(9)17-14(22)21(13)19-12/h3-7H,2H2,1H3,(H,17,22). The number of nitrogens with one attached hydrogen (secondary N) is 1. The maximum atomic E-state index is 12.2. The third-order valence-electron chi connectivity index (χ3n) is 3.50. The summed E-state index contributed by atoms with van der Waals surface area (Å²) in [6.45, 7) is 2.75. The van der Waals surface area contributed by atoms with Crippen LogP contribution in [0.15, 0.2) is 35.4 Å². The summed E-state index contributed by atoms with van der Waals surface area (Å²) in [5.41, 5.74) is 1.42. The van der Waals surface area contributed by atoms with Crippen LogP contribution in [-0.4, -0.2) is 29.4 Å². The Morgan fingerprint density at radius 1 is 1.36 bits per heavy atom. The topological polar surface area (TPSA) is 80.9 Å². The van der Waals surface area contributed by atoms with E-state index in [2.05, 4.69) is 20.2 Å². The molecular weight excluding hydrogens is 304 g/mol. The van der Waals surface area contributed by atoms with E-state index in [-0.39, 0.29) is 5.69 Å². The van der Waals surface area contributed by atoms with Crippen LogP contribution in [-0.2, 0) is 6.54 Å². The molecule has 0 unspecified atom stereocenters. The second-order valence-corrected chi connectivity index (χ2v) is 5.26. The Morgan fingerprint density at radius 2 is 2.23 bits per heavy atom. The molecule has 0 saturated heterocycles. The quantitative estimate of drug-likeness (QED) is 0.614. The fourth-order valence-corrected chi connectivity index (χ4v) is 2.62. The number of H-pyrrole nitrogens is 1. The van der Waals surface area contributed by atoms with Gasteiger partial charge in [-0.2, -0.15) is 9.61 Å². The van der Waals surface area contributed by atoms with Gasteiger partial charge < -0.3 is 4.98 Å². The van der Waals surface area contributed by atoms with Crippen molar-refractivity contribution in [3.05, 3.63) is 46.1 Å². The predicted octanol–water partition coefficient (Wildman–Crippen LogP) is 2.11. The number of halogens is 1. The summed E-state index contributed by atoms with van der Waals surface area (Å²) < 4.78 is 3.03. The van der Waals surface area contributed by atoms with Crippen LogP contribution >= 0.6 is 11.6 Å². The molecule has 3 heterocycles. The minimum Gasteiger partial charge on any atom is -0.304 e. The van der Waals surface area contributed by atoms with Crippen molar-refractivity contribution in [1.82, 2.24) is 29.4 Å². The predicted molar refractivity (Wildman–Crippen MR) is 83.0 cm³/mol. The molecule has 0 spiro atoms. The van der Waals surface area contributed by atoms with E-state index in [0.717, 1.165) is 17.5 Å². The zero-order chi connectivity index (χ0) is 15.3. The first-order valence-corrected chi connectivity index (χ1v) is 7.15. The molecule has 110 valence electrons. The molecule has 0 amide bonds. The number of hydrogen-bond donors (Lipinski definition) is 1. The summed E-state index contributed by atoms with van der Waals surface area (Å²) in [6, 6.07) is 5.38. The highest BCUT2D eigenvalue weighted by molar-refractivity contribution is 6.35. The number of para-hydroxylation sites is 1. The monoisotopic (exact) mass is 314 g/mol. The van der Waals surface area contributed by atoms with Crippen molar-refractivity contribution in [1.29, 1.82) is 0 Å². The number of aromatic nitrogens is 6. The summed E-state index contributed by atoms with van der Waals surface area (Å²) in [4.78, 5) is 19.4. The fraction of sp³-hybridized carbons (Fsp3) is 0.143. The van der Waals surface area contributed by atoms with Gasteiger partial charge in [-0.15, -0.1) is 5.10 Å². The Labute approximate surface area is 129 Å². The maximum Gasteiger partial charge on any atom is 0.348 e. The molecule has 7 nitrogen and oxygen atoms in total. The molecule has 0 atom stereocenters. The fourth-order valence-electron chi connectivity index (χ4n) is 2.40. The molecule has 0 fully saturated rings. The van der Waals surface area contributed by atoms with E-state index >= 15 is 0 Å². The van der Waals surface area contributed by atoms with Gasteiger partial charge >= 0.3 is 5.69 Å². The largest absolute Gasteiger partial charge is 0.348 e. The summed E-state index contributed by atoms with van der Waals surface area (Å²) >= 11 is 6.13. The molecule has 8 heteroatoms. The average Bonchev–Trinajstić information content (AvgIpc) is 3.15. The molecule has 0 aliphatic carbocycles. The van der Waals surface area contributed by atoms with Gasteiger partial charge in [0.25, 0.3) is 0 Å². The molecule has 22 heavy (non-hydrogen) atoms. The molecule has 0 saturated carbocycles. The molecule has 0 radical (unpaired) electrons. The van der Waals surface area contributed by atoms with E-state index in [1.165, 1.54) is 4.52 Å². The molecule has 4 aromatic rings. The Bertz CT molecular complexity index is 1060. The summed E-state index contributed by atoms with van der Waals surface area (Å²) in [5.74, 6) is 0.456. The van der Waals surface area contributed by atoms with Crippen molar-refractivity contribution >= 4 is 28.2 Å². The van der Waals surface area contributed by atoms with Crippen LogP contribution in [0.25, 0.3) is 27.9 Å². The molecule has 0 bridgehead atoms. The summed E-state index contributed by atoms with van der Waals surface area (Å²) in [7, 11) is 0. The Morgan fingerprint density at radius 3 is 3.00 bits per heavy atom. The number of rotatable bonds is 2. The summed E-state index contributed by atoms with van der Waals surface area (Å²) in [5, 5.41) is 9.69. The SMILES string of the molecule is CCn1cc(-c2nc3c4cccc(Cl)c4[nH]c(=O)n3n2)cn1. The molecular formula is C14H11ClN6O. The minimum absolute atomic E-state index is 0.378. The van der Waals surface area contributed by atoms with Crippen molar-refractivity contribution in [3.63, 3.8) is 0 Å². The third-order valence-corrected chi connectivity index (χ3v) is 3.82. The van der Waals surface area contributed by atoms with Gasteiger partial charge in [0.2, 0.25) is 0 Å². The third kappa shape index (κ3) is 1.82. The van der Waals surface area contributed by atoms with Crippen LogP contribution < -0.4 is 5.69 Å². The van der Waals surface area contributed by atoms with Crippen molar-refractivity contribution in [2.75, 3.05) is 0 Å².